The van der Waals surface area contributed by atoms with E-state index in [-0.39, 0.29) is 0 Å². The predicted molar refractivity (Wildman–Crippen MR) is 97.4 cm³/mol. The van der Waals surface area contributed by atoms with Gasteiger partial charge < -0.3 is 5.73 Å². The zero-order valence-electron chi connectivity index (χ0n) is 13.0. The fraction of sp³-hybridized carbons (Fsp3) is 0.0526. The smallest absolute Gasteiger partial charge is 0.168 e. The van der Waals surface area contributed by atoms with Crippen LogP contribution in [0, 0.1) is 12.7 Å². The van der Waals surface area contributed by atoms with Gasteiger partial charge in [0.2, 0.25) is 0 Å². The summed E-state index contributed by atoms with van der Waals surface area (Å²) in [5.41, 5.74) is 9.23. The fourth-order valence-electron chi connectivity index (χ4n) is 2.76. The maximum absolute atomic E-state index is 14.1. The van der Waals surface area contributed by atoms with Crippen molar-refractivity contribution in [2.24, 2.45) is 0 Å². The highest BCUT2D eigenvalue weighted by atomic mass is 32.1. The number of anilines is 1. The van der Waals surface area contributed by atoms with Gasteiger partial charge in [0, 0.05) is 21.5 Å². The SMILES string of the molecule is Cc1ncc(F)c(-c2cc3cccc(-c4ccccc4N)c3s2)n1. The minimum Gasteiger partial charge on any atom is -0.398 e. The van der Waals surface area contributed by atoms with Gasteiger partial charge in [-0.05, 0) is 24.4 Å². The maximum Gasteiger partial charge on any atom is 0.168 e. The van der Waals surface area contributed by atoms with Crippen LogP contribution in [-0.4, -0.2) is 9.97 Å². The molecular formula is C19H14FN3S. The molecular weight excluding hydrogens is 321 g/mol. The molecule has 2 N–H and O–H groups in total. The lowest BCUT2D eigenvalue weighted by atomic mass is 10.0. The van der Waals surface area contributed by atoms with E-state index in [0.29, 0.717) is 11.5 Å². The van der Waals surface area contributed by atoms with Crippen LogP contribution in [-0.2, 0) is 0 Å². The van der Waals surface area contributed by atoms with Crippen molar-refractivity contribution in [2.45, 2.75) is 6.92 Å². The number of benzene rings is 2. The Kier molecular flexibility index (Phi) is 3.50. The van der Waals surface area contributed by atoms with E-state index in [1.54, 1.807) is 6.92 Å². The molecule has 4 rings (SSSR count). The zero-order chi connectivity index (χ0) is 16.7. The monoisotopic (exact) mass is 335 g/mol. The molecule has 0 aliphatic rings. The molecule has 0 saturated carbocycles. The quantitative estimate of drug-likeness (QED) is 0.521. The lowest BCUT2D eigenvalue weighted by molar-refractivity contribution is 0.616. The van der Waals surface area contributed by atoms with Crippen molar-refractivity contribution in [3.63, 3.8) is 0 Å². The molecule has 0 saturated heterocycles. The van der Waals surface area contributed by atoms with Crippen LogP contribution in [0.25, 0.3) is 31.8 Å². The number of rotatable bonds is 2. The van der Waals surface area contributed by atoms with Gasteiger partial charge in [-0.1, -0.05) is 36.4 Å². The number of hydrogen-bond acceptors (Lipinski definition) is 4. The lowest BCUT2D eigenvalue weighted by Gasteiger charge is -2.06. The maximum atomic E-state index is 14.1. The first kappa shape index (κ1) is 14.8. The van der Waals surface area contributed by atoms with Crippen LogP contribution in [0.15, 0.2) is 54.7 Å². The van der Waals surface area contributed by atoms with Crippen molar-refractivity contribution in [2.75, 3.05) is 5.73 Å². The van der Waals surface area contributed by atoms with E-state index < -0.39 is 5.82 Å². The summed E-state index contributed by atoms with van der Waals surface area (Å²) in [5.74, 6) is 0.143. The summed E-state index contributed by atoms with van der Waals surface area (Å²) >= 11 is 1.52. The summed E-state index contributed by atoms with van der Waals surface area (Å²) in [7, 11) is 0. The summed E-state index contributed by atoms with van der Waals surface area (Å²) in [5, 5.41) is 1.05. The van der Waals surface area contributed by atoms with Crippen molar-refractivity contribution < 1.29 is 4.39 Å². The molecule has 0 bridgehead atoms. The van der Waals surface area contributed by atoms with E-state index in [2.05, 4.69) is 9.97 Å². The van der Waals surface area contributed by atoms with Crippen molar-refractivity contribution in [3.8, 4) is 21.7 Å². The number of nitrogen functional groups attached to an aromatic ring is 1. The van der Waals surface area contributed by atoms with Crippen molar-refractivity contribution >= 4 is 27.1 Å². The molecule has 2 heterocycles. The standard InChI is InChI=1S/C19H14FN3S/c1-11-22-10-15(20)18(23-11)17-9-12-5-4-7-14(19(12)24-17)13-6-2-3-8-16(13)21/h2-10H,21H2,1H3. The minimum atomic E-state index is -0.409. The van der Waals surface area contributed by atoms with E-state index in [4.69, 9.17) is 5.73 Å². The van der Waals surface area contributed by atoms with Gasteiger partial charge in [-0.15, -0.1) is 11.3 Å². The van der Waals surface area contributed by atoms with Crippen LogP contribution in [0.4, 0.5) is 10.1 Å². The van der Waals surface area contributed by atoms with Crippen LogP contribution in [0.5, 0.6) is 0 Å². The van der Waals surface area contributed by atoms with E-state index >= 15 is 0 Å². The molecule has 3 nitrogen and oxygen atoms in total. The van der Waals surface area contributed by atoms with Gasteiger partial charge in [0.25, 0.3) is 0 Å². The Bertz CT molecular complexity index is 1060. The largest absolute Gasteiger partial charge is 0.398 e. The number of aromatic nitrogens is 2. The Morgan fingerprint density at radius 1 is 1.04 bits per heavy atom. The molecule has 0 fully saturated rings. The summed E-state index contributed by atoms with van der Waals surface area (Å²) in [6.45, 7) is 1.76. The first-order valence-electron chi connectivity index (χ1n) is 7.50. The second-order valence-electron chi connectivity index (χ2n) is 5.54. The molecule has 0 amide bonds. The Balaban J connectivity index is 1.95. The highest BCUT2D eigenvalue weighted by Crippen LogP contribution is 2.40. The fourth-order valence-corrected chi connectivity index (χ4v) is 3.94. The number of nitrogens with zero attached hydrogens (tertiary/aromatic N) is 2. The van der Waals surface area contributed by atoms with Crippen LogP contribution >= 0.6 is 11.3 Å². The van der Waals surface area contributed by atoms with Gasteiger partial charge in [-0.25, -0.2) is 14.4 Å². The molecule has 5 heteroatoms. The third kappa shape index (κ3) is 2.43. The average molecular weight is 335 g/mol. The average Bonchev–Trinajstić information content (AvgIpc) is 3.01. The highest BCUT2D eigenvalue weighted by Gasteiger charge is 2.14. The van der Waals surface area contributed by atoms with Crippen molar-refractivity contribution in [1.29, 1.82) is 0 Å². The zero-order valence-corrected chi connectivity index (χ0v) is 13.8. The number of thiophene rings is 1. The molecule has 0 spiro atoms. The number of para-hydroxylation sites is 1. The lowest BCUT2D eigenvalue weighted by Crippen LogP contribution is -1.93. The Morgan fingerprint density at radius 2 is 1.83 bits per heavy atom. The van der Waals surface area contributed by atoms with Gasteiger partial charge in [-0.2, -0.15) is 0 Å². The molecule has 0 radical (unpaired) electrons. The number of halogens is 1. The minimum absolute atomic E-state index is 0.343. The van der Waals surface area contributed by atoms with Crippen molar-refractivity contribution in [3.05, 3.63) is 66.4 Å². The van der Waals surface area contributed by atoms with Crippen LogP contribution < -0.4 is 5.73 Å². The molecule has 2 aromatic carbocycles. The molecule has 118 valence electrons. The molecule has 0 aliphatic carbocycles. The number of fused-ring (bicyclic) bond motifs is 1. The number of aryl methyl sites for hydroxylation is 1. The summed E-state index contributed by atoms with van der Waals surface area (Å²) in [6, 6.07) is 15.8. The molecule has 2 aromatic heterocycles. The van der Waals surface area contributed by atoms with Gasteiger partial charge in [0.15, 0.2) is 5.82 Å². The second kappa shape index (κ2) is 5.69. The molecule has 0 aliphatic heterocycles. The van der Waals surface area contributed by atoms with Gasteiger partial charge in [0.05, 0.1) is 11.1 Å². The van der Waals surface area contributed by atoms with E-state index in [1.165, 1.54) is 17.5 Å². The second-order valence-corrected chi connectivity index (χ2v) is 6.59. The van der Waals surface area contributed by atoms with Crippen molar-refractivity contribution in [1.82, 2.24) is 9.97 Å². The summed E-state index contributed by atoms with van der Waals surface area (Å²) < 4.78 is 15.2. The van der Waals surface area contributed by atoms with Crippen LogP contribution in [0.1, 0.15) is 5.82 Å². The Morgan fingerprint density at radius 3 is 2.67 bits per heavy atom. The summed E-state index contributed by atoms with van der Waals surface area (Å²) in [4.78, 5) is 8.94. The van der Waals surface area contributed by atoms with Gasteiger partial charge in [0.1, 0.15) is 11.5 Å². The normalized spacial score (nSPS) is 11.1. The van der Waals surface area contributed by atoms with E-state index in [1.807, 2.05) is 48.5 Å². The van der Waals surface area contributed by atoms with E-state index in [0.717, 1.165) is 31.8 Å². The Hall–Kier alpha value is -2.79. The molecule has 0 atom stereocenters. The topological polar surface area (TPSA) is 51.8 Å². The third-order valence-electron chi connectivity index (χ3n) is 3.89. The van der Waals surface area contributed by atoms with Gasteiger partial charge in [-0.3, -0.25) is 0 Å². The number of hydrogen-bond donors (Lipinski definition) is 1. The summed E-state index contributed by atoms with van der Waals surface area (Å²) in [6.07, 6.45) is 1.22. The highest BCUT2D eigenvalue weighted by molar-refractivity contribution is 7.22. The molecule has 24 heavy (non-hydrogen) atoms. The third-order valence-corrected chi connectivity index (χ3v) is 5.08. The first-order valence-corrected chi connectivity index (χ1v) is 8.32. The Labute approximate surface area is 142 Å². The molecule has 0 unspecified atom stereocenters. The van der Waals surface area contributed by atoms with Crippen LogP contribution in [0.3, 0.4) is 0 Å². The number of nitrogens with two attached hydrogens (primary N) is 1. The van der Waals surface area contributed by atoms with Crippen LogP contribution in [0.2, 0.25) is 0 Å². The predicted octanol–water partition coefficient (Wildman–Crippen LogP) is 5.06. The first-order chi connectivity index (χ1) is 11.6. The molecule has 4 aromatic rings. The van der Waals surface area contributed by atoms with Gasteiger partial charge >= 0.3 is 0 Å². The van der Waals surface area contributed by atoms with E-state index in [9.17, 15) is 4.39 Å².